The van der Waals surface area contributed by atoms with Crippen molar-refractivity contribution in [2.24, 2.45) is 5.41 Å². The Hall–Kier alpha value is -4.46. The fourth-order valence-corrected chi connectivity index (χ4v) is 5.92. The minimum atomic E-state index is -5.08. The molecule has 1 fully saturated rings. The fraction of sp³-hybridized carbons (Fsp3) is 0.394. The Labute approximate surface area is 268 Å². The zero-order valence-corrected chi connectivity index (χ0v) is 26.0. The molecular weight excluding hydrogens is 630 g/mol. The second-order valence-electron chi connectivity index (χ2n) is 12.7. The van der Waals surface area contributed by atoms with Crippen LogP contribution in [0.15, 0.2) is 72.8 Å². The van der Waals surface area contributed by atoms with Gasteiger partial charge in [0.1, 0.15) is 5.75 Å². The minimum absolute atomic E-state index is 0.0422. The van der Waals surface area contributed by atoms with Gasteiger partial charge in [0, 0.05) is 29.9 Å². The van der Waals surface area contributed by atoms with Gasteiger partial charge in [0.25, 0.3) is 0 Å². The number of carbonyl (C=O) groups is 2. The number of carboxylic acid groups (broad SMARTS) is 1. The maximum absolute atomic E-state index is 12.9. The van der Waals surface area contributed by atoms with Gasteiger partial charge in [-0.25, -0.2) is 9.59 Å². The summed E-state index contributed by atoms with van der Waals surface area (Å²) in [5, 5.41) is 12.7. The molecule has 3 aromatic rings. The maximum atomic E-state index is 12.9. The minimum Gasteiger partial charge on any atom is -0.475 e. The zero-order chi connectivity index (χ0) is 34.6. The van der Waals surface area contributed by atoms with E-state index in [1.165, 1.54) is 17.7 Å². The molecule has 2 aliphatic heterocycles. The molecule has 1 spiro atoms. The molecule has 8 nitrogen and oxygen atoms in total. The molecule has 1 saturated heterocycles. The van der Waals surface area contributed by atoms with Gasteiger partial charge in [-0.3, -0.25) is 0 Å². The Balaban J connectivity index is 0.000000644. The number of nitrogens with one attached hydrogen (secondary N) is 2. The lowest BCUT2D eigenvalue weighted by Gasteiger charge is -2.42. The number of hydrogen-bond donors (Lipinski definition) is 3. The van der Waals surface area contributed by atoms with Crippen molar-refractivity contribution in [3.63, 3.8) is 0 Å². The molecule has 3 aromatic carbocycles. The summed E-state index contributed by atoms with van der Waals surface area (Å²) in [7, 11) is 0. The number of benzene rings is 3. The van der Waals surface area contributed by atoms with Crippen LogP contribution in [0.4, 0.5) is 53.9 Å². The quantitative estimate of drug-likeness (QED) is 0.237. The summed E-state index contributed by atoms with van der Waals surface area (Å²) >= 11 is 0. The van der Waals surface area contributed by atoms with Crippen molar-refractivity contribution in [2.75, 3.05) is 41.7 Å². The molecular formula is C33H36F6N4O4. The van der Waals surface area contributed by atoms with E-state index in [1.54, 1.807) is 0 Å². The second kappa shape index (κ2) is 13.7. The number of carboxylic acids is 1. The van der Waals surface area contributed by atoms with Gasteiger partial charge in [-0.2, -0.15) is 13.2 Å². The van der Waals surface area contributed by atoms with E-state index in [0.29, 0.717) is 11.4 Å². The summed E-state index contributed by atoms with van der Waals surface area (Å²) in [6.45, 7) is 10.8. The molecule has 0 saturated carbocycles. The third-order valence-corrected chi connectivity index (χ3v) is 7.77. The van der Waals surface area contributed by atoms with Crippen LogP contribution in [0.5, 0.6) is 5.75 Å². The largest absolute Gasteiger partial charge is 0.573 e. The van der Waals surface area contributed by atoms with E-state index >= 15 is 0 Å². The lowest BCUT2D eigenvalue weighted by atomic mass is 9.74. The van der Waals surface area contributed by atoms with Crippen molar-refractivity contribution in [3.05, 3.63) is 78.4 Å². The third-order valence-electron chi connectivity index (χ3n) is 7.77. The number of carbonyl (C=O) groups excluding carboxylic acids is 1. The molecule has 2 amide bonds. The van der Waals surface area contributed by atoms with Crippen LogP contribution in [0, 0.1) is 5.41 Å². The number of alkyl halides is 6. The average molecular weight is 667 g/mol. The van der Waals surface area contributed by atoms with Gasteiger partial charge in [0.15, 0.2) is 0 Å². The van der Waals surface area contributed by atoms with E-state index in [1.807, 2.05) is 24.3 Å². The Morgan fingerprint density at radius 2 is 1.38 bits per heavy atom. The molecule has 47 heavy (non-hydrogen) atoms. The fourth-order valence-electron chi connectivity index (χ4n) is 5.92. The van der Waals surface area contributed by atoms with Crippen molar-refractivity contribution in [2.45, 2.75) is 51.6 Å². The van der Waals surface area contributed by atoms with Crippen molar-refractivity contribution in [3.8, 4) is 5.75 Å². The first-order chi connectivity index (χ1) is 21.9. The van der Waals surface area contributed by atoms with Crippen LogP contribution >= 0.6 is 0 Å². The van der Waals surface area contributed by atoms with Crippen molar-refractivity contribution in [1.29, 1.82) is 0 Å². The number of aliphatic carboxylic acids is 1. The number of urea groups is 1. The number of rotatable bonds is 5. The molecule has 2 heterocycles. The van der Waals surface area contributed by atoms with Gasteiger partial charge in [-0.1, -0.05) is 51.1 Å². The summed E-state index contributed by atoms with van der Waals surface area (Å²) in [5.41, 5.74) is 4.70. The summed E-state index contributed by atoms with van der Waals surface area (Å²) in [4.78, 5) is 26.7. The number of anilines is 4. The SMILES string of the molecule is CC(C)(C)CN1CCC2(CC1)CN(c1ccccc1NC(=O)Nc1ccc(OC(F)(F)F)cc1)c1ccccc12.O=C(O)C(F)(F)F. The first kappa shape index (κ1) is 35.4. The number of piperidine rings is 1. The van der Waals surface area contributed by atoms with E-state index in [-0.39, 0.29) is 16.6 Å². The third kappa shape index (κ3) is 9.53. The molecule has 14 heteroatoms. The van der Waals surface area contributed by atoms with Crippen molar-refractivity contribution >= 4 is 34.7 Å². The normalized spacial score (nSPS) is 16.1. The van der Waals surface area contributed by atoms with Crippen LogP contribution in [-0.2, 0) is 10.2 Å². The second-order valence-corrected chi connectivity index (χ2v) is 12.7. The first-order valence-corrected chi connectivity index (χ1v) is 14.8. The maximum Gasteiger partial charge on any atom is 0.573 e. The van der Waals surface area contributed by atoms with E-state index in [2.05, 4.69) is 70.2 Å². The smallest absolute Gasteiger partial charge is 0.475 e. The molecule has 0 radical (unpaired) electrons. The Bertz CT molecular complexity index is 1550. The molecule has 0 bridgehead atoms. The number of ether oxygens (including phenoxy) is 1. The Kier molecular flexibility index (Phi) is 10.3. The van der Waals surface area contributed by atoms with Crippen LogP contribution < -0.4 is 20.3 Å². The molecule has 0 aliphatic carbocycles. The van der Waals surface area contributed by atoms with Gasteiger partial charge in [-0.15, -0.1) is 13.2 Å². The monoisotopic (exact) mass is 666 g/mol. The van der Waals surface area contributed by atoms with Crippen LogP contribution in [0.2, 0.25) is 0 Å². The summed E-state index contributed by atoms with van der Waals surface area (Å²) in [6.07, 6.45) is -7.71. The first-order valence-electron chi connectivity index (χ1n) is 14.8. The molecule has 0 aromatic heterocycles. The number of para-hydroxylation sites is 3. The number of amides is 2. The predicted molar refractivity (Wildman–Crippen MR) is 166 cm³/mol. The number of halogens is 6. The summed E-state index contributed by atoms with van der Waals surface area (Å²) in [6, 6.07) is 20.8. The van der Waals surface area contributed by atoms with Gasteiger partial charge >= 0.3 is 24.5 Å². The van der Waals surface area contributed by atoms with E-state index in [9.17, 15) is 31.1 Å². The molecule has 0 unspecified atom stereocenters. The van der Waals surface area contributed by atoms with Crippen LogP contribution in [0.25, 0.3) is 0 Å². The van der Waals surface area contributed by atoms with Crippen molar-refractivity contribution < 1.29 is 45.8 Å². The van der Waals surface area contributed by atoms with E-state index in [4.69, 9.17) is 9.90 Å². The topological polar surface area (TPSA) is 94.1 Å². The number of nitrogens with zero attached hydrogens (tertiary/aromatic N) is 2. The number of fused-ring (bicyclic) bond motifs is 2. The highest BCUT2D eigenvalue weighted by atomic mass is 19.4. The lowest BCUT2D eigenvalue weighted by Crippen LogP contribution is -2.46. The van der Waals surface area contributed by atoms with Crippen LogP contribution in [-0.4, -0.2) is 60.7 Å². The highest BCUT2D eigenvalue weighted by Gasteiger charge is 2.45. The van der Waals surface area contributed by atoms with Gasteiger partial charge < -0.3 is 30.3 Å². The Morgan fingerprint density at radius 1 is 0.830 bits per heavy atom. The molecule has 3 N–H and O–H groups in total. The molecule has 5 rings (SSSR count). The summed E-state index contributed by atoms with van der Waals surface area (Å²) < 4.78 is 72.9. The van der Waals surface area contributed by atoms with Gasteiger partial charge in [0.05, 0.1) is 11.4 Å². The molecule has 254 valence electrons. The van der Waals surface area contributed by atoms with Crippen molar-refractivity contribution in [1.82, 2.24) is 4.90 Å². The van der Waals surface area contributed by atoms with Crippen LogP contribution in [0.3, 0.4) is 0 Å². The Morgan fingerprint density at radius 3 is 1.94 bits per heavy atom. The van der Waals surface area contributed by atoms with Gasteiger partial charge in [0.2, 0.25) is 0 Å². The lowest BCUT2D eigenvalue weighted by molar-refractivity contribution is -0.274. The highest BCUT2D eigenvalue weighted by molar-refractivity contribution is 6.02. The number of hydrogen-bond acceptors (Lipinski definition) is 5. The average Bonchev–Trinajstić information content (AvgIpc) is 3.28. The standard InChI is InChI=1S/C31H35F3N4O2.C2HF3O2/c1-29(2,3)20-37-18-16-30(17-19-37)21-38(26-10-6-4-8-24(26)30)27-11-7-5-9-25(27)36-28(39)35-22-12-14-23(15-13-22)40-31(32,33)34;3-2(4,5)1(6)7/h4-15H,16-21H2,1-3H3,(H2,35,36,39);(H,6,7). The van der Waals surface area contributed by atoms with E-state index < -0.39 is 24.5 Å². The van der Waals surface area contributed by atoms with Crippen LogP contribution in [0.1, 0.15) is 39.2 Å². The predicted octanol–water partition coefficient (Wildman–Crippen LogP) is 8.39. The zero-order valence-electron chi connectivity index (χ0n) is 26.0. The molecule has 2 aliphatic rings. The summed E-state index contributed by atoms with van der Waals surface area (Å²) in [5.74, 6) is -3.11. The van der Waals surface area contributed by atoms with Gasteiger partial charge in [-0.05, 0) is 79.4 Å². The highest BCUT2D eigenvalue weighted by Crippen LogP contribution is 2.51. The number of likely N-dealkylation sites (tertiary alicyclic amines) is 1. The molecule has 0 atom stereocenters. The van der Waals surface area contributed by atoms with E-state index in [0.717, 1.165) is 62.5 Å².